The van der Waals surface area contributed by atoms with Gasteiger partial charge in [-0.2, -0.15) is 0 Å². The van der Waals surface area contributed by atoms with Crippen LogP contribution in [0, 0.1) is 0 Å². The summed E-state index contributed by atoms with van der Waals surface area (Å²) >= 11 is 0. The second-order valence-corrected chi connectivity index (χ2v) is 12.7. The van der Waals surface area contributed by atoms with Gasteiger partial charge in [-0.05, 0) is 83.0 Å². The summed E-state index contributed by atoms with van der Waals surface area (Å²) in [6.45, 7) is 11.6. The Balaban J connectivity index is 1.48. The highest BCUT2D eigenvalue weighted by Crippen LogP contribution is 2.34. The lowest BCUT2D eigenvalue weighted by atomic mass is 10.0. The van der Waals surface area contributed by atoms with Crippen LogP contribution in [0.4, 0.5) is 9.59 Å². The Morgan fingerprint density at radius 2 is 1.24 bits per heavy atom. The third kappa shape index (κ3) is 9.47. The van der Waals surface area contributed by atoms with E-state index in [1.54, 1.807) is 77.9 Å². The zero-order chi connectivity index (χ0) is 33.5. The Hall–Kier alpha value is -5.06. The summed E-state index contributed by atoms with van der Waals surface area (Å²) in [5.74, 6) is 0.374. The van der Waals surface area contributed by atoms with Gasteiger partial charge in [-0.1, -0.05) is 36.4 Å². The fraction of sp³-hybridized carbons (Fsp3) is 0.371. The summed E-state index contributed by atoms with van der Waals surface area (Å²) in [5, 5.41) is 5.34. The molecule has 0 bridgehead atoms. The van der Waals surface area contributed by atoms with E-state index in [9.17, 15) is 19.2 Å². The molecule has 0 unspecified atom stereocenters. The number of nitrogens with one attached hydrogen (secondary N) is 2. The maximum Gasteiger partial charge on any atom is 0.407 e. The van der Waals surface area contributed by atoms with Crippen LogP contribution in [0.25, 0.3) is 11.1 Å². The molecule has 0 radical (unpaired) electrons. The van der Waals surface area contributed by atoms with Crippen LogP contribution in [0.3, 0.4) is 0 Å². The van der Waals surface area contributed by atoms with Gasteiger partial charge in [0.1, 0.15) is 35.9 Å². The first-order chi connectivity index (χ1) is 21.7. The quantitative estimate of drug-likeness (QED) is 0.196. The van der Waals surface area contributed by atoms with Crippen LogP contribution in [0.15, 0.2) is 66.7 Å². The molecule has 3 aromatic carbocycles. The molecule has 4 amide bonds. The molecule has 3 aromatic rings. The first-order valence-corrected chi connectivity index (χ1v) is 15.1. The van der Waals surface area contributed by atoms with E-state index in [4.69, 9.17) is 18.9 Å². The van der Waals surface area contributed by atoms with E-state index in [1.807, 2.05) is 30.3 Å². The van der Waals surface area contributed by atoms with Gasteiger partial charge in [0.15, 0.2) is 0 Å². The van der Waals surface area contributed by atoms with Gasteiger partial charge in [0, 0.05) is 5.56 Å². The number of ether oxygens (including phenoxy) is 4. The molecule has 244 valence electrons. The van der Waals surface area contributed by atoms with Gasteiger partial charge in [-0.25, -0.2) is 9.59 Å². The average molecular weight is 632 g/mol. The highest BCUT2D eigenvalue weighted by Gasteiger charge is 2.35. The lowest BCUT2D eigenvalue weighted by Gasteiger charge is -2.20. The lowest BCUT2D eigenvalue weighted by molar-refractivity contribution is 0.0509. The minimum atomic E-state index is -0.630. The van der Waals surface area contributed by atoms with E-state index in [0.29, 0.717) is 28.2 Å². The number of hydrogen-bond acceptors (Lipinski definition) is 8. The average Bonchev–Trinajstić information content (AvgIpc) is 3.21. The Bertz CT molecular complexity index is 1550. The van der Waals surface area contributed by atoms with Gasteiger partial charge < -0.3 is 29.6 Å². The van der Waals surface area contributed by atoms with Crippen LogP contribution in [0.5, 0.6) is 11.5 Å². The molecule has 46 heavy (non-hydrogen) atoms. The Morgan fingerprint density at radius 1 is 0.674 bits per heavy atom. The Kier molecular flexibility index (Phi) is 10.6. The van der Waals surface area contributed by atoms with Crippen molar-refractivity contribution in [2.75, 3.05) is 26.3 Å². The predicted octanol–water partition coefficient (Wildman–Crippen LogP) is 5.96. The third-order valence-corrected chi connectivity index (χ3v) is 6.48. The molecule has 0 fully saturated rings. The van der Waals surface area contributed by atoms with Gasteiger partial charge in [-0.15, -0.1) is 0 Å². The number of benzene rings is 3. The van der Waals surface area contributed by atoms with Gasteiger partial charge in [0.2, 0.25) is 0 Å². The molecule has 0 aromatic heterocycles. The Labute approximate surface area is 269 Å². The summed E-state index contributed by atoms with van der Waals surface area (Å²) < 4.78 is 22.5. The molecular formula is C35H41N3O8. The van der Waals surface area contributed by atoms with Crippen molar-refractivity contribution in [1.29, 1.82) is 0 Å². The summed E-state index contributed by atoms with van der Waals surface area (Å²) in [6.07, 6.45) is -1.07. The van der Waals surface area contributed by atoms with Crippen molar-refractivity contribution in [2.24, 2.45) is 0 Å². The van der Waals surface area contributed by atoms with Crippen LogP contribution in [-0.4, -0.2) is 66.4 Å². The van der Waals surface area contributed by atoms with Crippen LogP contribution >= 0.6 is 0 Å². The molecule has 1 aliphatic heterocycles. The van der Waals surface area contributed by atoms with Crippen molar-refractivity contribution in [2.45, 2.75) is 59.3 Å². The molecule has 0 atom stereocenters. The third-order valence-electron chi connectivity index (χ3n) is 6.48. The van der Waals surface area contributed by atoms with E-state index < -0.39 is 23.4 Å². The number of amides is 4. The molecular weight excluding hydrogens is 590 g/mol. The topological polar surface area (TPSA) is 132 Å². The number of rotatable bonds is 11. The molecule has 0 spiro atoms. The largest absolute Gasteiger partial charge is 0.492 e. The fourth-order valence-corrected chi connectivity index (χ4v) is 4.61. The zero-order valence-electron chi connectivity index (χ0n) is 27.1. The fourth-order valence-electron chi connectivity index (χ4n) is 4.61. The van der Waals surface area contributed by atoms with Gasteiger partial charge in [0.05, 0.1) is 30.8 Å². The minimum absolute atomic E-state index is 0.0624. The van der Waals surface area contributed by atoms with Crippen molar-refractivity contribution in [1.82, 2.24) is 15.5 Å². The van der Waals surface area contributed by atoms with Crippen molar-refractivity contribution >= 4 is 24.0 Å². The molecule has 1 aliphatic rings. The maximum absolute atomic E-state index is 13.0. The normalized spacial score (nSPS) is 12.8. The monoisotopic (exact) mass is 631 g/mol. The molecule has 11 heteroatoms. The molecule has 1 heterocycles. The SMILES string of the molecule is CC(C)(C)OC(=O)NCCOc1cccc(-c2ccc(CN3C(=O)c4ccccc4C3=O)cc2OCCNC(=O)OC(C)(C)C)c1. The van der Waals surface area contributed by atoms with Crippen molar-refractivity contribution in [3.8, 4) is 22.6 Å². The van der Waals surface area contributed by atoms with E-state index in [-0.39, 0.29) is 44.7 Å². The van der Waals surface area contributed by atoms with Gasteiger partial charge in [-0.3, -0.25) is 14.5 Å². The smallest absolute Gasteiger partial charge is 0.407 e. The molecule has 2 N–H and O–H groups in total. The van der Waals surface area contributed by atoms with E-state index in [2.05, 4.69) is 10.6 Å². The molecule has 0 aliphatic carbocycles. The first kappa shape index (κ1) is 33.8. The van der Waals surface area contributed by atoms with Gasteiger partial charge in [0.25, 0.3) is 11.8 Å². The number of carbonyl (C=O) groups is 4. The highest BCUT2D eigenvalue weighted by molar-refractivity contribution is 6.21. The van der Waals surface area contributed by atoms with Crippen molar-refractivity contribution in [3.63, 3.8) is 0 Å². The summed E-state index contributed by atoms with van der Waals surface area (Å²) in [6, 6.07) is 19.6. The lowest BCUT2D eigenvalue weighted by Crippen LogP contribution is -2.34. The summed E-state index contributed by atoms with van der Waals surface area (Å²) in [5.41, 5.74) is 1.76. The van der Waals surface area contributed by atoms with E-state index in [0.717, 1.165) is 11.1 Å². The van der Waals surface area contributed by atoms with Crippen LogP contribution in [0.1, 0.15) is 67.8 Å². The minimum Gasteiger partial charge on any atom is -0.492 e. The first-order valence-electron chi connectivity index (χ1n) is 15.1. The van der Waals surface area contributed by atoms with E-state index >= 15 is 0 Å². The van der Waals surface area contributed by atoms with Crippen LogP contribution in [-0.2, 0) is 16.0 Å². The highest BCUT2D eigenvalue weighted by atomic mass is 16.6. The summed E-state index contributed by atoms with van der Waals surface area (Å²) in [4.78, 5) is 51.2. The van der Waals surface area contributed by atoms with Crippen molar-refractivity contribution < 1.29 is 38.1 Å². The van der Waals surface area contributed by atoms with Crippen LogP contribution < -0.4 is 20.1 Å². The molecule has 0 saturated carbocycles. The van der Waals surface area contributed by atoms with Gasteiger partial charge >= 0.3 is 12.2 Å². The standard InChI is InChI=1S/C35H41N3O8/c1-34(2,3)45-32(41)36-16-18-43-25-11-9-10-24(21-25)26-15-14-23(20-29(26)44-19-17-37-33(42)46-35(4,5)6)22-38-30(39)27-12-7-8-13-28(27)31(38)40/h7-15,20-21H,16-19,22H2,1-6H3,(H,36,41)(H,37,42). The zero-order valence-corrected chi connectivity index (χ0v) is 27.1. The maximum atomic E-state index is 13.0. The second-order valence-electron chi connectivity index (χ2n) is 12.7. The summed E-state index contributed by atoms with van der Waals surface area (Å²) in [7, 11) is 0. The number of hydrogen-bond donors (Lipinski definition) is 2. The molecule has 0 saturated heterocycles. The number of carbonyl (C=O) groups excluding carboxylic acids is 4. The number of nitrogens with zero attached hydrogens (tertiary/aromatic N) is 1. The molecule has 11 nitrogen and oxygen atoms in total. The number of fused-ring (bicyclic) bond motifs is 1. The van der Waals surface area contributed by atoms with E-state index in [1.165, 1.54) is 4.90 Å². The second kappa shape index (κ2) is 14.4. The Morgan fingerprint density at radius 3 is 1.80 bits per heavy atom. The predicted molar refractivity (Wildman–Crippen MR) is 172 cm³/mol. The number of alkyl carbamates (subject to hydrolysis) is 2. The van der Waals surface area contributed by atoms with Crippen LogP contribution in [0.2, 0.25) is 0 Å². The van der Waals surface area contributed by atoms with Crippen molar-refractivity contribution in [3.05, 3.63) is 83.4 Å². The number of imide groups is 1. The molecule has 4 rings (SSSR count).